The molecule has 1 atom stereocenters. The Kier molecular flexibility index (Phi) is 4.10. The van der Waals surface area contributed by atoms with E-state index in [1.165, 1.54) is 0 Å². The van der Waals surface area contributed by atoms with Gasteiger partial charge in [0.15, 0.2) is 0 Å². The number of thioether (sulfide) groups is 1. The van der Waals surface area contributed by atoms with Crippen molar-refractivity contribution < 1.29 is 19.4 Å². The van der Waals surface area contributed by atoms with E-state index in [0.717, 1.165) is 37.4 Å². The van der Waals surface area contributed by atoms with Gasteiger partial charge in [0.1, 0.15) is 6.79 Å². The summed E-state index contributed by atoms with van der Waals surface area (Å²) in [4.78, 5) is 10.7. The largest absolute Gasteiger partial charge is 0.481 e. The molecule has 1 aliphatic heterocycles. The number of ether oxygens (including phenoxy) is 2. The normalized spacial score (nSPS) is 27.6. The first-order chi connectivity index (χ1) is 7.70. The molecule has 0 spiro atoms. The fourth-order valence-electron chi connectivity index (χ4n) is 1.91. The Bertz CT molecular complexity index is 246. The summed E-state index contributed by atoms with van der Waals surface area (Å²) in [5, 5.41) is 8.79. The fraction of sp³-hybridized carbons (Fsp3) is 0.909. The fourth-order valence-corrected chi connectivity index (χ4v) is 3.38. The molecule has 0 radical (unpaired) electrons. The van der Waals surface area contributed by atoms with Crippen molar-refractivity contribution in [1.82, 2.24) is 0 Å². The van der Waals surface area contributed by atoms with E-state index in [1.54, 1.807) is 0 Å². The van der Waals surface area contributed by atoms with Crippen molar-refractivity contribution in [3.8, 4) is 0 Å². The Morgan fingerprint density at radius 2 is 2.31 bits per heavy atom. The number of rotatable bonds is 6. The molecule has 16 heavy (non-hydrogen) atoms. The molecule has 1 saturated heterocycles. The summed E-state index contributed by atoms with van der Waals surface area (Å²) in [6, 6.07) is 0. The monoisotopic (exact) mass is 246 g/mol. The maximum Gasteiger partial charge on any atom is 0.303 e. The van der Waals surface area contributed by atoms with Gasteiger partial charge in [0.25, 0.3) is 0 Å². The van der Waals surface area contributed by atoms with Gasteiger partial charge in [-0.3, -0.25) is 4.79 Å². The summed E-state index contributed by atoms with van der Waals surface area (Å²) in [6.45, 7) is 1.19. The molecule has 0 bridgehead atoms. The zero-order valence-electron chi connectivity index (χ0n) is 9.31. The van der Waals surface area contributed by atoms with Gasteiger partial charge in [-0.25, -0.2) is 0 Å². The highest BCUT2D eigenvalue weighted by Crippen LogP contribution is 2.51. The van der Waals surface area contributed by atoms with Crippen molar-refractivity contribution in [2.45, 2.75) is 31.8 Å². The summed E-state index contributed by atoms with van der Waals surface area (Å²) < 4.78 is 10.5. The minimum atomic E-state index is -0.666. The van der Waals surface area contributed by atoms with Crippen LogP contribution in [0.3, 0.4) is 0 Å². The van der Waals surface area contributed by atoms with Crippen LogP contribution in [-0.4, -0.2) is 42.1 Å². The molecule has 5 heteroatoms. The van der Waals surface area contributed by atoms with Crippen LogP contribution in [0, 0.1) is 5.41 Å². The van der Waals surface area contributed by atoms with Gasteiger partial charge in [-0.05, 0) is 30.4 Å². The molecule has 0 aromatic carbocycles. The number of carboxylic acid groups (broad SMARTS) is 1. The summed E-state index contributed by atoms with van der Waals surface area (Å²) in [6.07, 6.45) is 3.72. The molecule has 0 aromatic rings. The number of aliphatic carboxylic acids is 1. The van der Waals surface area contributed by atoms with Gasteiger partial charge in [-0.15, -0.1) is 0 Å². The number of carbonyl (C=O) groups is 1. The average molecular weight is 246 g/mol. The smallest absolute Gasteiger partial charge is 0.303 e. The molecule has 1 heterocycles. The van der Waals surface area contributed by atoms with E-state index < -0.39 is 5.97 Å². The molecule has 1 saturated carbocycles. The second kappa shape index (κ2) is 5.38. The number of carboxylic acids is 1. The Morgan fingerprint density at radius 3 is 2.88 bits per heavy atom. The lowest BCUT2D eigenvalue weighted by molar-refractivity contribution is -0.138. The third-order valence-corrected chi connectivity index (χ3v) is 4.59. The average Bonchev–Trinajstić information content (AvgIpc) is 2.99. The Morgan fingerprint density at radius 1 is 1.50 bits per heavy atom. The maximum atomic E-state index is 10.7. The third-order valence-electron chi connectivity index (χ3n) is 3.17. The SMILES string of the molecule is O=C(O)CC1(CSCC2CCOCO2)CC1. The van der Waals surface area contributed by atoms with Gasteiger partial charge in [0.2, 0.25) is 0 Å². The van der Waals surface area contributed by atoms with E-state index in [4.69, 9.17) is 14.6 Å². The van der Waals surface area contributed by atoms with Crippen LogP contribution in [0.1, 0.15) is 25.7 Å². The van der Waals surface area contributed by atoms with Crippen molar-refractivity contribution in [2.75, 3.05) is 24.9 Å². The molecular formula is C11H18O4S. The van der Waals surface area contributed by atoms with Gasteiger partial charge in [0, 0.05) is 5.75 Å². The van der Waals surface area contributed by atoms with Crippen molar-refractivity contribution >= 4 is 17.7 Å². The van der Waals surface area contributed by atoms with Gasteiger partial charge in [-0.2, -0.15) is 11.8 Å². The van der Waals surface area contributed by atoms with Crippen LogP contribution in [0.4, 0.5) is 0 Å². The first-order valence-electron chi connectivity index (χ1n) is 5.69. The highest BCUT2D eigenvalue weighted by atomic mass is 32.2. The van der Waals surface area contributed by atoms with E-state index in [9.17, 15) is 4.79 Å². The van der Waals surface area contributed by atoms with Gasteiger partial charge in [-0.1, -0.05) is 0 Å². The van der Waals surface area contributed by atoms with Crippen LogP contribution < -0.4 is 0 Å². The molecule has 0 amide bonds. The van der Waals surface area contributed by atoms with Gasteiger partial charge < -0.3 is 14.6 Å². The topological polar surface area (TPSA) is 55.8 Å². The van der Waals surface area contributed by atoms with Crippen LogP contribution in [-0.2, 0) is 14.3 Å². The van der Waals surface area contributed by atoms with Gasteiger partial charge in [0.05, 0.1) is 19.1 Å². The summed E-state index contributed by atoms with van der Waals surface area (Å²) in [5.74, 6) is 1.26. The predicted molar refractivity (Wildman–Crippen MR) is 61.6 cm³/mol. The van der Waals surface area contributed by atoms with Crippen LogP contribution in [0.2, 0.25) is 0 Å². The molecule has 2 rings (SSSR count). The quantitative estimate of drug-likeness (QED) is 0.773. The molecule has 1 unspecified atom stereocenters. The predicted octanol–water partition coefficient (Wildman–Crippen LogP) is 1.74. The summed E-state index contributed by atoms with van der Waals surface area (Å²) >= 11 is 1.83. The van der Waals surface area contributed by atoms with E-state index >= 15 is 0 Å². The van der Waals surface area contributed by atoms with Crippen molar-refractivity contribution in [3.05, 3.63) is 0 Å². The first kappa shape index (κ1) is 12.2. The van der Waals surface area contributed by atoms with E-state index in [1.807, 2.05) is 11.8 Å². The summed E-state index contributed by atoms with van der Waals surface area (Å²) in [5.41, 5.74) is 0.0989. The minimum Gasteiger partial charge on any atom is -0.481 e. The highest BCUT2D eigenvalue weighted by Gasteiger charge is 2.44. The zero-order valence-corrected chi connectivity index (χ0v) is 10.1. The molecule has 0 aromatic heterocycles. The van der Waals surface area contributed by atoms with Crippen molar-refractivity contribution in [2.24, 2.45) is 5.41 Å². The second-order valence-corrected chi connectivity index (χ2v) is 5.72. The lowest BCUT2D eigenvalue weighted by Crippen LogP contribution is -2.26. The van der Waals surface area contributed by atoms with E-state index in [0.29, 0.717) is 19.3 Å². The second-order valence-electron chi connectivity index (χ2n) is 4.69. The molecular weight excluding hydrogens is 228 g/mol. The molecule has 92 valence electrons. The first-order valence-corrected chi connectivity index (χ1v) is 6.85. The van der Waals surface area contributed by atoms with E-state index in [-0.39, 0.29) is 5.41 Å². The van der Waals surface area contributed by atoms with Crippen LogP contribution in [0.5, 0.6) is 0 Å². The Labute approximate surface area is 99.7 Å². The molecule has 4 nitrogen and oxygen atoms in total. The Hall–Kier alpha value is -0.260. The van der Waals surface area contributed by atoms with Crippen LogP contribution >= 0.6 is 11.8 Å². The summed E-state index contributed by atoms with van der Waals surface area (Å²) in [7, 11) is 0. The van der Waals surface area contributed by atoms with Crippen LogP contribution in [0.25, 0.3) is 0 Å². The Balaban J connectivity index is 1.62. The number of hydrogen-bond donors (Lipinski definition) is 1. The minimum absolute atomic E-state index is 0.0989. The van der Waals surface area contributed by atoms with Crippen LogP contribution in [0.15, 0.2) is 0 Å². The maximum absolute atomic E-state index is 10.7. The standard InChI is InChI=1S/C11H18O4S/c12-10(13)5-11(2-3-11)7-16-6-9-1-4-14-8-15-9/h9H,1-8H2,(H,12,13). The molecule has 1 aliphatic carbocycles. The lowest BCUT2D eigenvalue weighted by Gasteiger charge is -2.23. The zero-order chi connectivity index (χ0) is 11.4. The molecule has 2 aliphatic rings. The molecule has 2 fully saturated rings. The van der Waals surface area contributed by atoms with Crippen molar-refractivity contribution in [1.29, 1.82) is 0 Å². The third kappa shape index (κ3) is 3.64. The van der Waals surface area contributed by atoms with Gasteiger partial charge >= 0.3 is 5.97 Å². The van der Waals surface area contributed by atoms with Crippen molar-refractivity contribution in [3.63, 3.8) is 0 Å². The number of hydrogen-bond acceptors (Lipinski definition) is 4. The van der Waals surface area contributed by atoms with E-state index in [2.05, 4.69) is 0 Å². The lowest BCUT2D eigenvalue weighted by atomic mass is 10.1. The molecule has 1 N–H and O–H groups in total. The highest BCUT2D eigenvalue weighted by molar-refractivity contribution is 7.99.